The largest absolute Gasteiger partial charge is 0.494 e. The molecule has 3 nitrogen and oxygen atoms in total. The SMILES string of the molecule is C=C(B1OC(C)(C)C(C)(C)O1)c1ccc2c(c1)CC[C@@H]1[C@@H]2CC[C@]2(C)C(=O)CC[C@@H]12. The summed E-state index contributed by atoms with van der Waals surface area (Å²) in [6, 6.07) is 6.87. The Kier molecular flexibility index (Phi) is 4.48. The molecule has 1 saturated heterocycles. The van der Waals surface area contributed by atoms with E-state index in [2.05, 4.69) is 59.4 Å². The van der Waals surface area contributed by atoms with Crippen LogP contribution < -0.4 is 0 Å². The quantitative estimate of drug-likeness (QED) is 0.586. The van der Waals surface area contributed by atoms with Gasteiger partial charge in [0.25, 0.3) is 0 Å². The van der Waals surface area contributed by atoms with E-state index in [4.69, 9.17) is 9.31 Å². The normalized spacial score (nSPS) is 36.2. The van der Waals surface area contributed by atoms with Crippen molar-refractivity contribution in [3.05, 3.63) is 41.5 Å². The van der Waals surface area contributed by atoms with E-state index in [1.54, 1.807) is 0 Å². The lowest BCUT2D eigenvalue weighted by Crippen LogP contribution is -2.42. The number of ketones is 1. The molecule has 0 N–H and O–H groups in total. The molecule has 0 unspecified atom stereocenters. The van der Waals surface area contributed by atoms with Crippen molar-refractivity contribution in [2.24, 2.45) is 17.3 Å². The molecular weight excluding hydrogens is 371 g/mol. The van der Waals surface area contributed by atoms with Gasteiger partial charge < -0.3 is 9.31 Å². The van der Waals surface area contributed by atoms with Gasteiger partial charge in [0, 0.05) is 11.8 Å². The van der Waals surface area contributed by atoms with Gasteiger partial charge in [-0.05, 0) is 99.7 Å². The van der Waals surface area contributed by atoms with E-state index in [9.17, 15) is 4.79 Å². The Morgan fingerprint density at radius 2 is 1.73 bits per heavy atom. The van der Waals surface area contributed by atoms with Crippen molar-refractivity contribution >= 4 is 18.4 Å². The molecule has 3 fully saturated rings. The summed E-state index contributed by atoms with van der Waals surface area (Å²) in [6.45, 7) is 14.9. The van der Waals surface area contributed by atoms with Crippen molar-refractivity contribution in [1.29, 1.82) is 0 Å². The Balaban J connectivity index is 1.39. The first-order valence-electron chi connectivity index (χ1n) is 11.7. The zero-order valence-electron chi connectivity index (χ0n) is 19.2. The van der Waals surface area contributed by atoms with Crippen LogP contribution in [0.2, 0.25) is 0 Å². The summed E-state index contributed by atoms with van der Waals surface area (Å²) in [7, 11) is -0.399. The van der Waals surface area contributed by atoms with Gasteiger partial charge in [0.1, 0.15) is 5.78 Å². The van der Waals surface area contributed by atoms with Crippen LogP contribution in [-0.2, 0) is 20.5 Å². The number of rotatable bonds is 2. The maximum atomic E-state index is 12.6. The summed E-state index contributed by atoms with van der Waals surface area (Å²) in [6.07, 6.45) is 6.40. The van der Waals surface area contributed by atoms with Crippen LogP contribution in [0.5, 0.6) is 0 Å². The fourth-order valence-corrected chi connectivity index (χ4v) is 6.67. The maximum Gasteiger partial charge on any atom is 0.494 e. The first-order valence-corrected chi connectivity index (χ1v) is 11.7. The van der Waals surface area contributed by atoms with Crippen LogP contribution in [0.25, 0.3) is 5.47 Å². The van der Waals surface area contributed by atoms with E-state index >= 15 is 0 Å². The molecule has 2 saturated carbocycles. The van der Waals surface area contributed by atoms with Crippen molar-refractivity contribution in [3.63, 3.8) is 0 Å². The predicted molar refractivity (Wildman–Crippen MR) is 121 cm³/mol. The highest BCUT2D eigenvalue weighted by Gasteiger charge is 2.55. The maximum absolute atomic E-state index is 12.6. The molecule has 0 spiro atoms. The molecule has 3 aliphatic carbocycles. The zero-order valence-corrected chi connectivity index (χ0v) is 19.2. The lowest BCUT2D eigenvalue weighted by Gasteiger charge is -2.48. The summed E-state index contributed by atoms with van der Waals surface area (Å²) >= 11 is 0. The number of fused-ring (bicyclic) bond motifs is 5. The standard InChI is InChI=1S/C26H35BO3/c1-16(27-29-24(2,3)25(4,5)30-27)17-7-9-19-18(15-17)8-10-21-20(19)13-14-26(6)22(21)11-12-23(26)28/h7,9,15,20-22H,1,8,10-14H2,2-6H3/t20-,21-,22+,26+/m1/s1. The monoisotopic (exact) mass is 406 g/mol. The van der Waals surface area contributed by atoms with Crippen LogP contribution in [0, 0.1) is 17.3 Å². The molecule has 30 heavy (non-hydrogen) atoms. The Morgan fingerprint density at radius 1 is 1.03 bits per heavy atom. The van der Waals surface area contributed by atoms with E-state index in [1.165, 1.54) is 17.5 Å². The van der Waals surface area contributed by atoms with Crippen LogP contribution in [0.1, 0.15) is 89.3 Å². The Bertz CT molecular complexity index is 901. The lowest BCUT2D eigenvalue weighted by molar-refractivity contribution is -0.129. The molecule has 0 aromatic heterocycles. The minimum absolute atomic E-state index is 0.0519. The highest BCUT2D eigenvalue weighted by Crippen LogP contribution is 2.59. The molecule has 4 heteroatoms. The summed E-state index contributed by atoms with van der Waals surface area (Å²) < 4.78 is 12.5. The minimum atomic E-state index is -0.399. The molecule has 4 aliphatic rings. The van der Waals surface area contributed by atoms with Gasteiger partial charge in [0.05, 0.1) is 11.2 Å². The summed E-state index contributed by atoms with van der Waals surface area (Å²) in [4.78, 5) is 12.6. The third kappa shape index (κ3) is 2.83. The topological polar surface area (TPSA) is 35.5 Å². The van der Waals surface area contributed by atoms with Crippen LogP contribution in [0.4, 0.5) is 0 Å². The first kappa shape index (κ1) is 20.5. The Hall–Kier alpha value is -1.39. The summed E-state index contributed by atoms with van der Waals surface area (Å²) in [5.74, 6) is 2.37. The second kappa shape index (κ2) is 6.56. The number of hydrogen-bond acceptors (Lipinski definition) is 3. The third-order valence-corrected chi connectivity index (χ3v) is 9.34. The Labute approximate surface area is 181 Å². The molecule has 1 aromatic rings. The first-order chi connectivity index (χ1) is 14.0. The van der Waals surface area contributed by atoms with Crippen molar-refractivity contribution < 1.29 is 14.1 Å². The van der Waals surface area contributed by atoms with Gasteiger partial charge in [-0.25, -0.2) is 0 Å². The number of carbonyl (C=O) groups is 1. The minimum Gasteiger partial charge on any atom is -0.399 e. The molecule has 1 aromatic carbocycles. The lowest BCUT2D eigenvalue weighted by atomic mass is 9.55. The van der Waals surface area contributed by atoms with Crippen molar-refractivity contribution in [2.75, 3.05) is 0 Å². The smallest absolute Gasteiger partial charge is 0.399 e. The van der Waals surface area contributed by atoms with Crippen LogP contribution in [-0.4, -0.2) is 24.1 Å². The van der Waals surface area contributed by atoms with Gasteiger partial charge in [-0.15, -0.1) is 0 Å². The summed E-state index contributed by atoms with van der Waals surface area (Å²) in [5.41, 5.74) is 4.25. The highest BCUT2D eigenvalue weighted by atomic mass is 16.7. The molecule has 0 amide bonds. The molecule has 0 radical (unpaired) electrons. The van der Waals surface area contributed by atoms with E-state index in [-0.39, 0.29) is 16.6 Å². The molecule has 4 atom stereocenters. The molecular formula is C26H35BO3. The average molecular weight is 406 g/mol. The van der Waals surface area contributed by atoms with E-state index in [0.29, 0.717) is 23.5 Å². The molecule has 5 rings (SSSR count). The van der Waals surface area contributed by atoms with Gasteiger partial charge in [-0.3, -0.25) is 4.79 Å². The number of hydrogen-bond donors (Lipinski definition) is 0. The summed E-state index contributed by atoms with van der Waals surface area (Å²) in [5, 5.41) is 0. The van der Waals surface area contributed by atoms with Gasteiger partial charge in [0.15, 0.2) is 0 Å². The Morgan fingerprint density at radius 3 is 2.43 bits per heavy atom. The molecule has 1 heterocycles. The van der Waals surface area contributed by atoms with Gasteiger partial charge in [-0.1, -0.05) is 31.7 Å². The van der Waals surface area contributed by atoms with Crippen molar-refractivity contribution in [2.45, 2.75) is 90.3 Å². The van der Waals surface area contributed by atoms with Crippen LogP contribution >= 0.6 is 0 Å². The highest BCUT2D eigenvalue weighted by molar-refractivity contribution is 6.68. The van der Waals surface area contributed by atoms with E-state index in [1.807, 2.05) is 0 Å². The molecule has 160 valence electrons. The van der Waals surface area contributed by atoms with Gasteiger partial charge in [-0.2, -0.15) is 0 Å². The van der Waals surface area contributed by atoms with Crippen LogP contribution in [0.15, 0.2) is 24.8 Å². The number of Topliss-reactive ketones (excluding diaryl/α,β-unsaturated/α-hetero) is 1. The number of carbonyl (C=O) groups excluding carboxylic acids is 1. The fourth-order valence-electron chi connectivity index (χ4n) is 6.67. The predicted octanol–water partition coefficient (Wildman–Crippen LogP) is 5.76. The fraction of sp³-hybridized carbons (Fsp3) is 0.654. The average Bonchev–Trinajstić information content (AvgIpc) is 3.12. The second-order valence-corrected chi connectivity index (χ2v) is 11.4. The van der Waals surface area contributed by atoms with Gasteiger partial charge in [0.2, 0.25) is 0 Å². The van der Waals surface area contributed by atoms with Gasteiger partial charge >= 0.3 is 7.12 Å². The molecule has 1 aliphatic heterocycles. The van der Waals surface area contributed by atoms with Crippen LogP contribution in [0.3, 0.4) is 0 Å². The second-order valence-electron chi connectivity index (χ2n) is 11.4. The van der Waals surface area contributed by atoms with E-state index < -0.39 is 7.12 Å². The number of benzene rings is 1. The molecule has 0 bridgehead atoms. The third-order valence-electron chi connectivity index (χ3n) is 9.34. The zero-order chi connectivity index (χ0) is 21.5. The van der Waals surface area contributed by atoms with Crippen molar-refractivity contribution in [1.82, 2.24) is 0 Å². The van der Waals surface area contributed by atoms with E-state index in [0.717, 1.165) is 43.1 Å². The van der Waals surface area contributed by atoms with Crippen molar-refractivity contribution in [3.8, 4) is 0 Å². The number of aryl methyl sites for hydroxylation is 1.